The first-order valence-electron chi connectivity index (χ1n) is 19.4. The van der Waals surface area contributed by atoms with Crippen LogP contribution in [-0.2, 0) is 27.5 Å². The zero-order valence-electron chi connectivity index (χ0n) is 34.2. The van der Waals surface area contributed by atoms with Crippen molar-refractivity contribution < 1.29 is 25.8 Å². The van der Waals surface area contributed by atoms with E-state index in [0.717, 1.165) is 68.8 Å². The van der Waals surface area contributed by atoms with Crippen molar-refractivity contribution in [2.75, 3.05) is 0 Å². The topological polar surface area (TPSA) is 44.9 Å². The summed E-state index contributed by atoms with van der Waals surface area (Å²) in [5, 5.41) is 7.34. The Labute approximate surface area is 342 Å². The van der Waals surface area contributed by atoms with Gasteiger partial charge in [0.1, 0.15) is 5.82 Å². The fourth-order valence-electron chi connectivity index (χ4n) is 7.64. The zero-order chi connectivity index (χ0) is 38.5. The standard InChI is InChI=1S/C49H54N4O.Pt/c1-31-22-24-50-46(25-31)52-44-20-17-38(32(2)33(3)49(9,10)11)28-43(44)42-19-18-40(30-45(42)52)54-41-27-36(21-23-48(6,7)8)26-39(29-41)53-35(5)47(34(4)51-53)37-15-13-12-14-16-37;/h12-20,22,24-28,32-33H,21,23H2,1-11H3;/q-2;+2. The Morgan fingerprint density at radius 1 is 0.782 bits per heavy atom. The van der Waals surface area contributed by atoms with Crippen LogP contribution in [0.5, 0.6) is 11.5 Å². The van der Waals surface area contributed by atoms with Crippen molar-refractivity contribution in [1.29, 1.82) is 0 Å². The Balaban J connectivity index is 0.00000514. The third-order valence-corrected chi connectivity index (χ3v) is 11.3. The first kappa shape index (κ1) is 40.2. The number of rotatable bonds is 9. The largest absolute Gasteiger partial charge is 2.00 e. The van der Waals surface area contributed by atoms with Crippen LogP contribution in [0, 0.1) is 49.7 Å². The number of fused-ring (bicyclic) bond motifs is 3. The van der Waals surface area contributed by atoms with Crippen LogP contribution in [0.2, 0.25) is 0 Å². The summed E-state index contributed by atoms with van der Waals surface area (Å²) in [5.41, 5.74) is 11.3. The molecule has 0 amide bonds. The van der Waals surface area contributed by atoms with Crippen LogP contribution >= 0.6 is 0 Å². The molecule has 0 spiro atoms. The minimum absolute atomic E-state index is 0. The Morgan fingerprint density at radius 2 is 1.53 bits per heavy atom. The smallest absolute Gasteiger partial charge is 0.509 e. The van der Waals surface area contributed by atoms with Crippen LogP contribution in [-0.4, -0.2) is 19.3 Å². The molecule has 0 saturated heterocycles. The molecule has 55 heavy (non-hydrogen) atoms. The summed E-state index contributed by atoms with van der Waals surface area (Å²) >= 11 is 0. The number of aromatic nitrogens is 4. The molecule has 0 bridgehead atoms. The molecule has 0 saturated carbocycles. The average Bonchev–Trinajstić information content (AvgIpc) is 3.61. The van der Waals surface area contributed by atoms with Gasteiger partial charge >= 0.3 is 21.1 Å². The molecular weight excluding hydrogens is 856 g/mol. The van der Waals surface area contributed by atoms with Crippen molar-refractivity contribution in [2.24, 2.45) is 16.7 Å². The van der Waals surface area contributed by atoms with Crippen LogP contribution in [0.25, 0.3) is 44.4 Å². The first-order valence-corrected chi connectivity index (χ1v) is 19.4. The molecule has 0 N–H and O–H groups in total. The third-order valence-electron chi connectivity index (χ3n) is 11.3. The van der Waals surface area contributed by atoms with E-state index in [1.54, 1.807) is 0 Å². The number of hydrogen-bond donors (Lipinski definition) is 0. The SMILES string of the molecule is Cc1ccnc(-n2c3[c-]c(Oc4[c-]c(-n5nc(C)c(-c6ccccc6)c5C)cc(CCC(C)(C)C)c4)ccc3c3cc(C(C)C(C)C(C)(C)C)ccc32)c1.[Pt+2]. The monoisotopic (exact) mass is 909 g/mol. The summed E-state index contributed by atoms with van der Waals surface area (Å²) in [6.07, 6.45) is 3.84. The van der Waals surface area contributed by atoms with Crippen molar-refractivity contribution >= 4 is 21.8 Å². The Hall–Kier alpha value is -4.47. The minimum atomic E-state index is 0. The summed E-state index contributed by atoms with van der Waals surface area (Å²) in [6, 6.07) is 37.4. The molecule has 7 aromatic rings. The van der Waals surface area contributed by atoms with Crippen LogP contribution in [0.1, 0.15) is 95.8 Å². The van der Waals surface area contributed by atoms with Crippen molar-refractivity contribution in [3.63, 3.8) is 0 Å². The van der Waals surface area contributed by atoms with Gasteiger partial charge in [-0.25, -0.2) is 4.98 Å². The molecule has 0 aliphatic carbocycles. The summed E-state index contributed by atoms with van der Waals surface area (Å²) in [4.78, 5) is 4.84. The first-order chi connectivity index (χ1) is 25.6. The average molecular weight is 910 g/mol. The van der Waals surface area contributed by atoms with Crippen LogP contribution in [0.15, 0.2) is 91.1 Å². The van der Waals surface area contributed by atoms with Gasteiger partial charge in [-0.3, -0.25) is 4.68 Å². The van der Waals surface area contributed by atoms with Gasteiger partial charge in [-0.1, -0.05) is 103 Å². The predicted molar refractivity (Wildman–Crippen MR) is 224 cm³/mol. The van der Waals surface area contributed by atoms with E-state index >= 15 is 0 Å². The molecule has 0 fully saturated rings. The minimum Gasteiger partial charge on any atom is -0.509 e. The van der Waals surface area contributed by atoms with E-state index in [4.69, 9.17) is 14.8 Å². The van der Waals surface area contributed by atoms with Gasteiger partial charge in [0.25, 0.3) is 0 Å². The van der Waals surface area contributed by atoms with Gasteiger partial charge in [0.2, 0.25) is 0 Å². The van der Waals surface area contributed by atoms with Crippen molar-refractivity contribution in [2.45, 2.75) is 94.9 Å². The van der Waals surface area contributed by atoms with E-state index in [0.29, 0.717) is 23.3 Å². The second kappa shape index (κ2) is 15.6. The number of benzene rings is 4. The Bertz CT molecular complexity index is 2460. The summed E-state index contributed by atoms with van der Waals surface area (Å²) in [6.45, 7) is 24.9. The quantitative estimate of drug-likeness (QED) is 0.136. The molecule has 0 aliphatic rings. The van der Waals surface area contributed by atoms with Gasteiger partial charge in [-0.15, -0.1) is 35.7 Å². The summed E-state index contributed by atoms with van der Waals surface area (Å²) < 4.78 is 11.0. The van der Waals surface area contributed by atoms with Gasteiger partial charge in [0.05, 0.1) is 5.69 Å². The molecule has 3 heterocycles. The van der Waals surface area contributed by atoms with E-state index in [2.05, 4.69) is 160 Å². The maximum atomic E-state index is 6.74. The van der Waals surface area contributed by atoms with Gasteiger partial charge < -0.3 is 9.30 Å². The molecule has 7 rings (SSSR count). The molecule has 6 heteroatoms. The molecule has 0 aliphatic heterocycles. The molecule has 286 valence electrons. The number of pyridine rings is 1. The number of ether oxygens (including phenoxy) is 1. The van der Waals surface area contributed by atoms with Gasteiger partial charge in [0, 0.05) is 34.5 Å². The van der Waals surface area contributed by atoms with E-state index in [1.165, 1.54) is 16.5 Å². The molecule has 3 aromatic heterocycles. The summed E-state index contributed by atoms with van der Waals surface area (Å²) in [5.74, 6) is 3.04. The third kappa shape index (κ3) is 8.38. The number of aryl methyl sites for hydroxylation is 3. The van der Waals surface area contributed by atoms with Crippen molar-refractivity contribution in [3.8, 4) is 34.1 Å². The number of hydrogen-bond acceptors (Lipinski definition) is 3. The Kier molecular flexibility index (Phi) is 11.4. The molecular formula is C49H54N4OPt. The predicted octanol–water partition coefficient (Wildman–Crippen LogP) is 13.1. The van der Waals surface area contributed by atoms with E-state index in [1.807, 2.05) is 29.1 Å². The number of nitrogens with zero attached hydrogens (tertiary/aromatic N) is 4. The van der Waals surface area contributed by atoms with Crippen LogP contribution in [0.3, 0.4) is 0 Å². The molecule has 0 radical (unpaired) electrons. The summed E-state index contributed by atoms with van der Waals surface area (Å²) in [7, 11) is 0. The zero-order valence-corrected chi connectivity index (χ0v) is 36.5. The second-order valence-corrected chi connectivity index (χ2v) is 17.6. The fraction of sp³-hybridized carbons (Fsp3) is 0.347. The van der Waals surface area contributed by atoms with E-state index < -0.39 is 0 Å². The normalized spacial score (nSPS) is 13.2. The maximum Gasteiger partial charge on any atom is 2.00 e. The van der Waals surface area contributed by atoms with Crippen LogP contribution in [0.4, 0.5) is 0 Å². The molecule has 4 aromatic carbocycles. The van der Waals surface area contributed by atoms with Crippen molar-refractivity contribution in [1.82, 2.24) is 19.3 Å². The second-order valence-electron chi connectivity index (χ2n) is 17.6. The maximum absolute atomic E-state index is 6.74. The molecule has 5 nitrogen and oxygen atoms in total. The van der Waals surface area contributed by atoms with E-state index in [9.17, 15) is 0 Å². The molecule has 2 unspecified atom stereocenters. The Morgan fingerprint density at radius 3 is 2.22 bits per heavy atom. The fourth-order valence-corrected chi connectivity index (χ4v) is 7.64. The van der Waals surface area contributed by atoms with Gasteiger partial charge in [0.15, 0.2) is 0 Å². The van der Waals surface area contributed by atoms with Crippen LogP contribution < -0.4 is 4.74 Å². The van der Waals surface area contributed by atoms with E-state index in [-0.39, 0.29) is 31.9 Å². The van der Waals surface area contributed by atoms with Gasteiger partial charge in [-0.2, -0.15) is 16.7 Å². The molecule has 2 atom stereocenters. The van der Waals surface area contributed by atoms with Gasteiger partial charge in [-0.05, 0) is 102 Å². The van der Waals surface area contributed by atoms with Crippen molar-refractivity contribution in [3.05, 3.63) is 131 Å².